The van der Waals surface area contributed by atoms with E-state index in [2.05, 4.69) is 9.97 Å². The van der Waals surface area contributed by atoms with Gasteiger partial charge in [-0.15, -0.1) is 0 Å². The lowest BCUT2D eigenvalue weighted by Gasteiger charge is -2.04. The third kappa shape index (κ3) is 2.43. The molecule has 0 radical (unpaired) electrons. The zero-order chi connectivity index (χ0) is 11.5. The number of rotatable bonds is 2. The fourth-order valence-electron chi connectivity index (χ4n) is 1.28. The second-order valence-electron chi connectivity index (χ2n) is 3.19. The summed E-state index contributed by atoms with van der Waals surface area (Å²) in [6.45, 7) is 0.271. The second kappa shape index (κ2) is 4.69. The SMILES string of the molecule is O=c1c(I)cncn1Cc1cncc(F)c1. The van der Waals surface area contributed by atoms with Crippen LogP contribution in [0.2, 0.25) is 0 Å². The number of hydrogen-bond donors (Lipinski definition) is 0. The molecule has 16 heavy (non-hydrogen) atoms. The summed E-state index contributed by atoms with van der Waals surface area (Å²) < 4.78 is 14.8. The van der Waals surface area contributed by atoms with E-state index in [1.54, 1.807) is 0 Å². The van der Waals surface area contributed by atoms with Gasteiger partial charge in [0.05, 0.1) is 22.6 Å². The first kappa shape index (κ1) is 11.2. The minimum absolute atomic E-state index is 0.139. The molecule has 0 saturated heterocycles. The Hall–Kier alpha value is -1.31. The third-order valence-electron chi connectivity index (χ3n) is 1.97. The highest BCUT2D eigenvalue weighted by atomic mass is 127. The van der Waals surface area contributed by atoms with Crippen LogP contribution >= 0.6 is 22.6 Å². The van der Waals surface area contributed by atoms with Gasteiger partial charge in [0, 0.05) is 12.4 Å². The van der Waals surface area contributed by atoms with E-state index in [1.165, 1.54) is 29.4 Å². The molecule has 0 fully saturated rings. The van der Waals surface area contributed by atoms with Crippen LogP contribution in [-0.2, 0) is 6.54 Å². The molecule has 0 aromatic carbocycles. The van der Waals surface area contributed by atoms with Gasteiger partial charge in [0.2, 0.25) is 0 Å². The molecule has 0 spiro atoms. The zero-order valence-electron chi connectivity index (χ0n) is 8.10. The van der Waals surface area contributed by atoms with Crippen LogP contribution in [0.4, 0.5) is 4.39 Å². The van der Waals surface area contributed by atoms with Gasteiger partial charge in [0.25, 0.3) is 5.56 Å². The Morgan fingerprint density at radius 1 is 1.31 bits per heavy atom. The van der Waals surface area contributed by atoms with Gasteiger partial charge in [-0.3, -0.25) is 14.3 Å². The van der Waals surface area contributed by atoms with Crippen molar-refractivity contribution in [1.82, 2.24) is 14.5 Å². The van der Waals surface area contributed by atoms with E-state index in [0.29, 0.717) is 9.13 Å². The average Bonchev–Trinajstić information content (AvgIpc) is 2.25. The monoisotopic (exact) mass is 331 g/mol. The molecule has 2 aromatic rings. The highest BCUT2D eigenvalue weighted by molar-refractivity contribution is 14.1. The van der Waals surface area contributed by atoms with Crippen LogP contribution in [0.1, 0.15) is 5.56 Å². The molecule has 0 atom stereocenters. The summed E-state index contributed by atoms with van der Waals surface area (Å²) in [6, 6.07) is 1.35. The van der Waals surface area contributed by atoms with Crippen LogP contribution in [0.25, 0.3) is 0 Å². The lowest BCUT2D eigenvalue weighted by molar-refractivity contribution is 0.614. The standard InChI is InChI=1S/C10H7FIN3O/c11-8-1-7(2-13-3-8)5-15-6-14-4-9(12)10(15)16/h1-4,6H,5H2. The lowest BCUT2D eigenvalue weighted by Crippen LogP contribution is -2.23. The number of halogens is 2. The number of aromatic nitrogens is 3. The maximum absolute atomic E-state index is 12.9. The summed E-state index contributed by atoms with van der Waals surface area (Å²) in [7, 11) is 0. The predicted molar refractivity (Wildman–Crippen MR) is 64.5 cm³/mol. The van der Waals surface area contributed by atoms with E-state index in [1.807, 2.05) is 22.6 Å². The minimum atomic E-state index is -0.413. The Morgan fingerprint density at radius 3 is 2.88 bits per heavy atom. The molecule has 6 heteroatoms. The molecule has 0 aliphatic rings. The average molecular weight is 331 g/mol. The van der Waals surface area contributed by atoms with E-state index in [9.17, 15) is 9.18 Å². The third-order valence-corrected chi connectivity index (χ3v) is 2.71. The first-order chi connectivity index (χ1) is 7.66. The summed E-state index contributed by atoms with van der Waals surface area (Å²) in [6.07, 6.45) is 5.56. The van der Waals surface area contributed by atoms with Gasteiger partial charge >= 0.3 is 0 Å². The highest BCUT2D eigenvalue weighted by Gasteiger charge is 2.02. The Balaban J connectivity index is 2.34. The molecule has 82 valence electrons. The minimum Gasteiger partial charge on any atom is -0.294 e. The molecule has 2 aromatic heterocycles. The molecular weight excluding hydrogens is 324 g/mol. The van der Waals surface area contributed by atoms with Crippen molar-refractivity contribution in [3.8, 4) is 0 Å². The van der Waals surface area contributed by atoms with E-state index in [0.717, 1.165) is 6.20 Å². The predicted octanol–water partition coefficient (Wildman–Crippen LogP) is 1.43. The van der Waals surface area contributed by atoms with E-state index >= 15 is 0 Å². The first-order valence-corrected chi connectivity index (χ1v) is 5.54. The van der Waals surface area contributed by atoms with Crippen LogP contribution in [0.5, 0.6) is 0 Å². The molecule has 0 N–H and O–H groups in total. The number of hydrogen-bond acceptors (Lipinski definition) is 3. The molecule has 2 heterocycles. The summed E-state index contributed by atoms with van der Waals surface area (Å²) in [4.78, 5) is 19.3. The van der Waals surface area contributed by atoms with Crippen LogP contribution < -0.4 is 5.56 Å². The smallest absolute Gasteiger partial charge is 0.267 e. The molecule has 0 saturated carbocycles. The van der Waals surface area contributed by atoms with Gasteiger partial charge in [-0.2, -0.15) is 0 Å². The molecule has 2 rings (SSSR count). The number of nitrogens with zero attached hydrogens (tertiary/aromatic N) is 3. The van der Waals surface area contributed by atoms with E-state index in [-0.39, 0.29) is 12.1 Å². The maximum atomic E-state index is 12.9. The van der Waals surface area contributed by atoms with Crippen LogP contribution in [0, 0.1) is 9.39 Å². The largest absolute Gasteiger partial charge is 0.294 e. The van der Waals surface area contributed by atoms with Crippen LogP contribution in [0.15, 0.2) is 35.8 Å². The first-order valence-electron chi connectivity index (χ1n) is 4.46. The molecule has 0 amide bonds. The van der Waals surface area contributed by atoms with Gasteiger partial charge < -0.3 is 0 Å². The summed E-state index contributed by atoms with van der Waals surface area (Å²) in [5.74, 6) is -0.413. The molecule has 0 aliphatic heterocycles. The van der Waals surface area contributed by atoms with E-state index in [4.69, 9.17) is 0 Å². The van der Waals surface area contributed by atoms with Crippen molar-refractivity contribution in [2.24, 2.45) is 0 Å². The Bertz CT molecular complexity index is 570. The van der Waals surface area contributed by atoms with Crippen LogP contribution in [0.3, 0.4) is 0 Å². The highest BCUT2D eigenvalue weighted by Crippen LogP contribution is 2.02. The zero-order valence-corrected chi connectivity index (χ0v) is 10.3. The van der Waals surface area contributed by atoms with Crippen molar-refractivity contribution < 1.29 is 4.39 Å². The van der Waals surface area contributed by atoms with E-state index < -0.39 is 5.82 Å². The number of pyridine rings is 1. The van der Waals surface area contributed by atoms with Crippen LogP contribution in [-0.4, -0.2) is 14.5 Å². The van der Waals surface area contributed by atoms with Gasteiger partial charge in [-0.25, -0.2) is 9.37 Å². The molecule has 0 bridgehead atoms. The quantitative estimate of drug-likeness (QED) is 0.783. The molecular formula is C10H7FIN3O. The van der Waals surface area contributed by atoms with Crippen molar-refractivity contribution in [2.75, 3.05) is 0 Å². The summed E-state index contributed by atoms with van der Waals surface area (Å²) in [5.41, 5.74) is 0.491. The Kier molecular flexibility index (Phi) is 3.28. The fraction of sp³-hybridized carbons (Fsp3) is 0.100. The molecule has 4 nitrogen and oxygen atoms in total. The summed E-state index contributed by atoms with van der Waals surface area (Å²) in [5, 5.41) is 0. The summed E-state index contributed by atoms with van der Waals surface area (Å²) >= 11 is 1.91. The normalized spacial score (nSPS) is 10.4. The van der Waals surface area contributed by atoms with Gasteiger partial charge in [-0.1, -0.05) is 0 Å². The topological polar surface area (TPSA) is 47.8 Å². The second-order valence-corrected chi connectivity index (χ2v) is 4.35. The Morgan fingerprint density at radius 2 is 2.12 bits per heavy atom. The van der Waals surface area contributed by atoms with Crippen molar-refractivity contribution in [1.29, 1.82) is 0 Å². The maximum Gasteiger partial charge on any atom is 0.267 e. The molecule has 0 aliphatic carbocycles. The van der Waals surface area contributed by atoms with Crippen molar-refractivity contribution in [3.05, 3.63) is 56.3 Å². The van der Waals surface area contributed by atoms with Crippen molar-refractivity contribution in [3.63, 3.8) is 0 Å². The Labute approximate surface area is 104 Å². The van der Waals surface area contributed by atoms with Gasteiger partial charge in [-0.05, 0) is 34.2 Å². The molecule has 0 unspecified atom stereocenters. The van der Waals surface area contributed by atoms with Gasteiger partial charge in [0.15, 0.2) is 0 Å². The fourth-order valence-corrected chi connectivity index (χ4v) is 1.75. The van der Waals surface area contributed by atoms with Crippen molar-refractivity contribution >= 4 is 22.6 Å². The lowest BCUT2D eigenvalue weighted by atomic mass is 10.3. The van der Waals surface area contributed by atoms with Gasteiger partial charge in [0.1, 0.15) is 5.82 Å². The van der Waals surface area contributed by atoms with Crippen molar-refractivity contribution in [2.45, 2.75) is 6.54 Å².